The molecule has 0 spiro atoms. The van der Waals surface area contributed by atoms with Crippen LogP contribution in [-0.2, 0) is 0 Å². The number of rotatable bonds is 2. The molecule has 0 heterocycles. The molecule has 0 saturated carbocycles. The van der Waals surface area contributed by atoms with Crippen LogP contribution in [0.3, 0.4) is 0 Å². The molecular weight excluding hydrogens is 511 g/mol. The van der Waals surface area contributed by atoms with Crippen molar-refractivity contribution >= 4 is 72.1 Å². The van der Waals surface area contributed by atoms with Crippen molar-refractivity contribution in [2.45, 2.75) is 6.82 Å². The summed E-state index contributed by atoms with van der Waals surface area (Å²) in [6, 6.07) is 53.3. The standard InChI is InChI=1S/C38H24.CH3BS/c1-2-11-25(12-3-1)37-32-15-6-8-17-34(32)38(35-18-9-7-16-33(35)37)31-20-10-19-29-30(31)22-21-28-23-26-13-4-5-14-27(26)24-36(28)29;1-2-3/h1-24H;1H3. The Balaban J connectivity index is 0.000000884. The van der Waals surface area contributed by atoms with Gasteiger partial charge in [0.15, 0.2) is 0 Å². The Kier molecular flexibility index (Phi) is 6.62. The molecule has 0 amide bonds. The maximum atomic E-state index is 4.27. The van der Waals surface area contributed by atoms with Crippen molar-refractivity contribution in [1.29, 1.82) is 0 Å². The minimum absolute atomic E-state index is 1.25. The Morgan fingerprint density at radius 1 is 0.390 bits per heavy atom. The summed E-state index contributed by atoms with van der Waals surface area (Å²) in [5, 5.41) is 12.9. The molecule has 192 valence electrons. The smallest absolute Gasteiger partial charge is 0.00201 e. The first kappa shape index (κ1) is 25.3. The zero-order valence-corrected chi connectivity index (χ0v) is 23.7. The molecule has 0 bridgehead atoms. The zero-order valence-electron chi connectivity index (χ0n) is 22.8. The molecule has 8 rings (SSSR count). The molecule has 0 aliphatic carbocycles. The van der Waals surface area contributed by atoms with Crippen LogP contribution in [0.5, 0.6) is 0 Å². The average molecular weight is 539 g/mol. The minimum atomic E-state index is 1.25. The van der Waals surface area contributed by atoms with E-state index >= 15 is 0 Å². The maximum Gasteiger partial charge on any atom is -0.00201 e. The molecule has 0 aromatic heterocycles. The molecule has 8 aromatic rings. The van der Waals surface area contributed by atoms with E-state index < -0.39 is 0 Å². The van der Waals surface area contributed by atoms with Gasteiger partial charge in [-0.25, -0.2) is 0 Å². The summed E-state index contributed by atoms with van der Waals surface area (Å²) in [6.45, 7) is 1.81. The second-order valence-electron chi connectivity index (χ2n) is 10.3. The fraction of sp³-hybridized carbons (Fsp3) is 0.0256. The van der Waals surface area contributed by atoms with E-state index in [4.69, 9.17) is 0 Å². The van der Waals surface area contributed by atoms with Crippen molar-refractivity contribution in [3.05, 3.63) is 146 Å². The topological polar surface area (TPSA) is 0 Å². The van der Waals surface area contributed by atoms with Gasteiger partial charge in [-0.15, -0.1) is 0 Å². The third-order valence-corrected chi connectivity index (χ3v) is 8.01. The number of fused-ring (bicyclic) bond motifs is 6. The minimum Gasteiger partial charge on any atom is -0.0622 e. The number of benzene rings is 8. The van der Waals surface area contributed by atoms with Crippen LogP contribution in [0.4, 0.5) is 0 Å². The van der Waals surface area contributed by atoms with Crippen LogP contribution < -0.4 is 0 Å². The van der Waals surface area contributed by atoms with Crippen LogP contribution in [0.15, 0.2) is 146 Å². The summed E-state index contributed by atoms with van der Waals surface area (Å²) in [5.41, 5.74) is 5.14. The predicted octanol–water partition coefficient (Wildman–Crippen LogP) is 11.6. The molecule has 0 N–H and O–H groups in total. The van der Waals surface area contributed by atoms with E-state index in [1.165, 1.54) is 76.1 Å². The molecule has 0 aliphatic rings. The van der Waals surface area contributed by atoms with Crippen LogP contribution in [-0.4, -0.2) is 6.15 Å². The molecule has 8 aromatic carbocycles. The molecule has 2 heteroatoms. The summed E-state index contributed by atoms with van der Waals surface area (Å²) >= 11 is 4.27. The molecule has 0 aliphatic heterocycles. The number of hydrogen-bond acceptors (Lipinski definition) is 1. The first-order valence-electron chi connectivity index (χ1n) is 14.0. The van der Waals surface area contributed by atoms with Crippen LogP contribution in [0.1, 0.15) is 0 Å². The quantitative estimate of drug-likeness (QED) is 0.120. The van der Waals surface area contributed by atoms with Gasteiger partial charge in [0.05, 0.1) is 0 Å². The molecular formula is C39H27BS. The van der Waals surface area contributed by atoms with Gasteiger partial charge in [0, 0.05) is 0 Å². The van der Waals surface area contributed by atoms with Gasteiger partial charge in [-0.05, 0) is 88.2 Å². The fourth-order valence-corrected chi connectivity index (χ4v) is 6.33. The summed E-state index contributed by atoms with van der Waals surface area (Å²) in [5.74, 6) is 0. The molecule has 0 radical (unpaired) electrons. The fourth-order valence-electron chi connectivity index (χ4n) is 6.33. The van der Waals surface area contributed by atoms with Crippen molar-refractivity contribution in [3.63, 3.8) is 0 Å². The van der Waals surface area contributed by atoms with Gasteiger partial charge in [-0.2, -0.15) is 0 Å². The van der Waals surface area contributed by atoms with Gasteiger partial charge >= 0.3 is 25.0 Å². The summed E-state index contributed by atoms with van der Waals surface area (Å²) in [6.07, 6.45) is 1.58. The number of hydrogen-bond donors (Lipinski definition) is 0. The van der Waals surface area contributed by atoms with E-state index in [0.717, 1.165) is 0 Å². The SMILES string of the molecule is CB=S.c1ccc(-c2c3ccccc3c(-c3cccc4c3ccc3cc5ccccc5cc34)c3ccccc23)cc1. The maximum absolute atomic E-state index is 4.27. The Hall–Kier alpha value is -4.66. The van der Waals surface area contributed by atoms with E-state index in [0.29, 0.717) is 0 Å². The van der Waals surface area contributed by atoms with E-state index in [9.17, 15) is 0 Å². The van der Waals surface area contributed by atoms with Gasteiger partial charge < -0.3 is 0 Å². The Morgan fingerprint density at radius 3 is 1.54 bits per heavy atom. The van der Waals surface area contributed by atoms with Crippen molar-refractivity contribution in [2.24, 2.45) is 0 Å². The van der Waals surface area contributed by atoms with E-state index in [2.05, 4.69) is 158 Å². The van der Waals surface area contributed by atoms with E-state index in [1.807, 2.05) is 6.82 Å². The van der Waals surface area contributed by atoms with Gasteiger partial charge in [0.1, 0.15) is 0 Å². The second kappa shape index (κ2) is 10.7. The Bertz CT molecular complexity index is 2170. The Morgan fingerprint density at radius 2 is 0.902 bits per heavy atom. The summed E-state index contributed by atoms with van der Waals surface area (Å²) in [4.78, 5) is 0. The average Bonchev–Trinajstić information content (AvgIpc) is 3.03. The summed E-state index contributed by atoms with van der Waals surface area (Å²) in [7, 11) is 0. The van der Waals surface area contributed by atoms with Gasteiger partial charge in [0.25, 0.3) is 0 Å². The molecule has 0 fully saturated rings. The van der Waals surface area contributed by atoms with Crippen molar-refractivity contribution in [3.8, 4) is 22.3 Å². The first-order valence-corrected chi connectivity index (χ1v) is 14.5. The van der Waals surface area contributed by atoms with Crippen LogP contribution in [0.2, 0.25) is 6.82 Å². The van der Waals surface area contributed by atoms with Crippen molar-refractivity contribution in [2.75, 3.05) is 0 Å². The first-order chi connectivity index (χ1) is 20.3. The van der Waals surface area contributed by atoms with Crippen molar-refractivity contribution < 1.29 is 0 Å². The normalized spacial score (nSPS) is 11.0. The van der Waals surface area contributed by atoms with Gasteiger partial charge in [-0.3, -0.25) is 0 Å². The molecule has 0 saturated heterocycles. The third kappa shape index (κ3) is 4.32. The predicted molar refractivity (Wildman–Crippen MR) is 184 cm³/mol. The second-order valence-corrected chi connectivity index (χ2v) is 10.8. The molecule has 0 nitrogen and oxygen atoms in total. The van der Waals surface area contributed by atoms with Crippen molar-refractivity contribution in [1.82, 2.24) is 0 Å². The van der Waals surface area contributed by atoms with Crippen LogP contribution in [0.25, 0.3) is 76.1 Å². The van der Waals surface area contributed by atoms with Crippen LogP contribution >= 0.6 is 12.1 Å². The zero-order chi connectivity index (χ0) is 27.8. The van der Waals surface area contributed by atoms with Crippen LogP contribution in [0, 0.1) is 0 Å². The Labute approximate surface area is 246 Å². The molecule has 0 atom stereocenters. The molecule has 0 unspecified atom stereocenters. The van der Waals surface area contributed by atoms with Gasteiger partial charge in [-0.1, -0.05) is 133 Å². The third-order valence-electron chi connectivity index (χ3n) is 8.01. The largest absolute Gasteiger partial charge is 0.0622 e. The molecule has 41 heavy (non-hydrogen) atoms. The van der Waals surface area contributed by atoms with Gasteiger partial charge in [0.2, 0.25) is 0 Å². The van der Waals surface area contributed by atoms with E-state index in [1.54, 1.807) is 6.15 Å². The monoisotopic (exact) mass is 538 g/mol. The summed E-state index contributed by atoms with van der Waals surface area (Å²) < 4.78 is 0. The van der Waals surface area contributed by atoms with E-state index in [-0.39, 0.29) is 0 Å².